The lowest BCUT2D eigenvalue weighted by Gasteiger charge is -2.37. The number of hydrogen-bond acceptors (Lipinski definition) is 4. The molecule has 1 aromatic rings. The monoisotopic (exact) mass is 308 g/mol. The van der Waals surface area contributed by atoms with E-state index in [2.05, 4.69) is 4.98 Å². The second-order valence-corrected chi connectivity index (χ2v) is 8.42. The molecule has 18 heavy (non-hydrogen) atoms. The first-order valence-electron chi connectivity index (χ1n) is 6.00. The highest BCUT2D eigenvalue weighted by Crippen LogP contribution is 2.34. The molecule has 4 nitrogen and oxygen atoms in total. The molecule has 1 saturated heterocycles. The minimum atomic E-state index is -3.47. The van der Waals surface area contributed by atoms with Crippen LogP contribution in [-0.2, 0) is 10.0 Å². The summed E-state index contributed by atoms with van der Waals surface area (Å²) in [4.78, 5) is 4.00. The van der Waals surface area contributed by atoms with Crippen molar-refractivity contribution in [2.45, 2.75) is 56.3 Å². The number of piperidine rings is 1. The van der Waals surface area contributed by atoms with Crippen molar-refractivity contribution in [2.75, 3.05) is 0 Å². The fraction of sp³-hybridized carbons (Fsp3) is 0.727. The van der Waals surface area contributed by atoms with Crippen molar-refractivity contribution in [3.05, 3.63) is 10.2 Å². The first kappa shape index (κ1) is 14.2. The molecular formula is C11H17ClN2O2S2. The Morgan fingerprint density at radius 1 is 1.33 bits per heavy atom. The van der Waals surface area contributed by atoms with Gasteiger partial charge in [-0.15, -0.1) is 0 Å². The third kappa shape index (κ3) is 2.43. The van der Waals surface area contributed by atoms with Crippen LogP contribution in [0.25, 0.3) is 0 Å². The van der Waals surface area contributed by atoms with Crippen LogP contribution in [0.2, 0.25) is 4.47 Å². The van der Waals surface area contributed by atoms with Gasteiger partial charge in [0.25, 0.3) is 10.0 Å². The van der Waals surface area contributed by atoms with Crippen molar-refractivity contribution in [1.29, 1.82) is 0 Å². The van der Waals surface area contributed by atoms with Crippen LogP contribution in [0, 0.1) is 6.92 Å². The zero-order valence-electron chi connectivity index (χ0n) is 10.7. The number of aromatic nitrogens is 1. The van der Waals surface area contributed by atoms with E-state index in [1.165, 1.54) is 0 Å². The fourth-order valence-electron chi connectivity index (χ4n) is 2.56. The Kier molecular flexibility index (Phi) is 4.02. The molecule has 0 aromatic carbocycles. The first-order valence-corrected chi connectivity index (χ1v) is 8.64. The Hall–Kier alpha value is -0.170. The van der Waals surface area contributed by atoms with Crippen molar-refractivity contribution in [3.8, 4) is 0 Å². The summed E-state index contributed by atoms with van der Waals surface area (Å²) in [7, 11) is -3.47. The molecule has 1 aromatic heterocycles. The van der Waals surface area contributed by atoms with Gasteiger partial charge in [0.05, 0.1) is 5.69 Å². The lowest BCUT2D eigenvalue weighted by atomic mass is 10.0. The van der Waals surface area contributed by atoms with Crippen molar-refractivity contribution in [3.63, 3.8) is 0 Å². The van der Waals surface area contributed by atoms with Gasteiger partial charge in [-0.25, -0.2) is 13.4 Å². The van der Waals surface area contributed by atoms with Crippen LogP contribution >= 0.6 is 22.9 Å². The summed E-state index contributed by atoms with van der Waals surface area (Å²) in [5, 5.41) is 0. The maximum absolute atomic E-state index is 12.7. The zero-order valence-corrected chi connectivity index (χ0v) is 13.1. The summed E-state index contributed by atoms with van der Waals surface area (Å²) < 4.78 is 27.5. The van der Waals surface area contributed by atoms with Crippen LogP contribution in [0.15, 0.2) is 4.21 Å². The van der Waals surface area contributed by atoms with E-state index < -0.39 is 10.0 Å². The number of sulfonamides is 1. The van der Waals surface area contributed by atoms with Crippen LogP contribution in [0.3, 0.4) is 0 Å². The molecule has 0 bridgehead atoms. The van der Waals surface area contributed by atoms with E-state index in [0.29, 0.717) is 5.69 Å². The van der Waals surface area contributed by atoms with Crippen LogP contribution < -0.4 is 0 Å². The third-order valence-electron chi connectivity index (χ3n) is 3.35. The second kappa shape index (κ2) is 5.07. The highest BCUT2D eigenvalue weighted by Gasteiger charge is 2.37. The molecule has 1 aliphatic rings. The van der Waals surface area contributed by atoms with Gasteiger partial charge in [-0.1, -0.05) is 29.4 Å². The number of thiazole rings is 1. The van der Waals surface area contributed by atoms with E-state index >= 15 is 0 Å². The first-order chi connectivity index (χ1) is 8.34. The molecule has 0 radical (unpaired) electrons. The number of aryl methyl sites for hydroxylation is 1. The van der Waals surface area contributed by atoms with Gasteiger partial charge in [0, 0.05) is 12.1 Å². The normalized spacial score (nSPS) is 26.4. The van der Waals surface area contributed by atoms with E-state index in [4.69, 9.17) is 11.6 Å². The summed E-state index contributed by atoms with van der Waals surface area (Å²) in [5.41, 5.74) is 0.495. The van der Waals surface area contributed by atoms with E-state index in [1.807, 2.05) is 13.8 Å². The smallest absolute Gasteiger partial charge is 0.229 e. The highest BCUT2D eigenvalue weighted by atomic mass is 35.5. The lowest BCUT2D eigenvalue weighted by molar-refractivity contribution is 0.204. The van der Waals surface area contributed by atoms with Crippen LogP contribution in [-0.4, -0.2) is 29.8 Å². The molecule has 2 atom stereocenters. The average Bonchev–Trinajstić information content (AvgIpc) is 2.57. The standard InChI is InChI=1S/C11H17ClN2O2S2/c1-7-5-4-6-8(2)14(7)18(15,16)10-9(3)13-11(12)17-10/h7-8H,4-6H2,1-3H3. The third-order valence-corrected chi connectivity index (χ3v) is 7.33. The number of rotatable bonds is 2. The maximum atomic E-state index is 12.7. The quantitative estimate of drug-likeness (QED) is 0.843. The van der Waals surface area contributed by atoms with Crippen LogP contribution in [0.4, 0.5) is 0 Å². The Labute approximate surface area is 117 Å². The zero-order chi connectivity index (χ0) is 13.5. The molecule has 0 aliphatic carbocycles. The lowest BCUT2D eigenvalue weighted by Crippen LogP contribution is -2.47. The Bertz CT molecular complexity index is 531. The SMILES string of the molecule is Cc1nc(Cl)sc1S(=O)(=O)N1C(C)CCCC1C. The summed E-state index contributed by atoms with van der Waals surface area (Å²) >= 11 is 6.85. The predicted molar refractivity (Wildman–Crippen MR) is 73.7 cm³/mol. The summed E-state index contributed by atoms with van der Waals surface area (Å²) in [6.07, 6.45) is 2.90. The van der Waals surface area contributed by atoms with Crippen molar-refractivity contribution >= 4 is 33.0 Å². The second-order valence-electron chi connectivity index (χ2n) is 4.80. The van der Waals surface area contributed by atoms with E-state index in [0.717, 1.165) is 30.6 Å². The molecule has 2 unspecified atom stereocenters. The van der Waals surface area contributed by atoms with Gasteiger partial charge in [-0.2, -0.15) is 4.31 Å². The van der Waals surface area contributed by atoms with E-state index in [9.17, 15) is 8.42 Å². The van der Waals surface area contributed by atoms with Gasteiger partial charge >= 0.3 is 0 Å². The van der Waals surface area contributed by atoms with Gasteiger partial charge in [0.1, 0.15) is 0 Å². The largest absolute Gasteiger partial charge is 0.254 e. The summed E-state index contributed by atoms with van der Waals surface area (Å²) in [6, 6.07) is 0.0815. The number of hydrogen-bond donors (Lipinski definition) is 0. The molecule has 2 heterocycles. The van der Waals surface area contributed by atoms with Crippen molar-refractivity contribution in [1.82, 2.24) is 9.29 Å². The Morgan fingerprint density at radius 2 is 1.89 bits per heavy atom. The van der Waals surface area contributed by atoms with Gasteiger partial charge in [-0.3, -0.25) is 0 Å². The molecule has 7 heteroatoms. The highest BCUT2D eigenvalue weighted by molar-refractivity contribution is 7.91. The fourth-order valence-corrected chi connectivity index (χ4v) is 6.27. The molecule has 0 N–H and O–H groups in total. The van der Waals surface area contributed by atoms with Gasteiger partial charge in [0.2, 0.25) is 0 Å². The van der Waals surface area contributed by atoms with E-state index in [1.54, 1.807) is 11.2 Å². The summed E-state index contributed by atoms with van der Waals surface area (Å²) in [6.45, 7) is 5.62. The van der Waals surface area contributed by atoms with Crippen molar-refractivity contribution in [2.24, 2.45) is 0 Å². The molecule has 1 fully saturated rings. The minimum absolute atomic E-state index is 0.0408. The Morgan fingerprint density at radius 3 is 2.33 bits per heavy atom. The maximum Gasteiger partial charge on any atom is 0.254 e. The van der Waals surface area contributed by atoms with Gasteiger partial charge < -0.3 is 0 Å². The molecule has 1 aliphatic heterocycles. The molecular weight excluding hydrogens is 292 g/mol. The van der Waals surface area contributed by atoms with Crippen LogP contribution in [0.5, 0.6) is 0 Å². The van der Waals surface area contributed by atoms with Gasteiger partial charge in [0.15, 0.2) is 8.68 Å². The summed E-state index contributed by atoms with van der Waals surface area (Å²) in [5.74, 6) is 0. The van der Waals surface area contributed by atoms with Crippen LogP contribution in [0.1, 0.15) is 38.8 Å². The molecule has 2 rings (SSSR count). The van der Waals surface area contributed by atoms with Gasteiger partial charge in [-0.05, 0) is 33.6 Å². The predicted octanol–water partition coefficient (Wildman–Crippen LogP) is 3.06. The minimum Gasteiger partial charge on any atom is -0.229 e. The molecule has 0 amide bonds. The number of nitrogens with zero attached hydrogens (tertiary/aromatic N) is 2. The molecule has 0 spiro atoms. The topological polar surface area (TPSA) is 50.3 Å². The van der Waals surface area contributed by atoms with E-state index in [-0.39, 0.29) is 20.8 Å². The average molecular weight is 309 g/mol. The van der Waals surface area contributed by atoms with Crippen molar-refractivity contribution < 1.29 is 8.42 Å². The number of halogens is 1. The Balaban J connectivity index is 2.44. The molecule has 0 saturated carbocycles. The molecule has 102 valence electrons.